The Bertz CT molecular complexity index is 708. The highest BCUT2D eigenvalue weighted by Gasteiger charge is 2.11. The van der Waals surface area contributed by atoms with Gasteiger partial charge in [0.25, 0.3) is 0 Å². The highest BCUT2D eigenvalue weighted by atomic mass is 19.3. The molecule has 2 aromatic rings. The molecule has 0 radical (unpaired) electrons. The summed E-state index contributed by atoms with van der Waals surface area (Å²) >= 11 is 0. The molecule has 0 spiro atoms. The summed E-state index contributed by atoms with van der Waals surface area (Å²) in [4.78, 5) is 8.41. The molecule has 1 aromatic carbocycles. The molecule has 0 aliphatic carbocycles. The van der Waals surface area contributed by atoms with Crippen molar-refractivity contribution in [2.75, 3.05) is 12.5 Å². The van der Waals surface area contributed by atoms with Crippen molar-refractivity contribution in [1.82, 2.24) is 9.97 Å². The standard InChI is InChI=1S/C16H18F2N4O2/c1-10(2)14-15(20-7-6-19-14)22-21-9-11-4-5-12(23-3)8-13(11)24-16(17)18/h4-10,16H,1-3H3,(H,20,22)/b21-9+. The van der Waals surface area contributed by atoms with Crippen molar-refractivity contribution in [3.8, 4) is 11.5 Å². The Morgan fingerprint density at radius 3 is 2.62 bits per heavy atom. The van der Waals surface area contributed by atoms with Crippen LogP contribution in [0.5, 0.6) is 11.5 Å². The van der Waals surface area contributed by atoms with E-state index in [9.17, 15) is 8.78 Å². The smallest absolute Gasteiger partial charge is 0.387 e. The maximum absolute atomic E-state index is 12.5. The lowest BCUT2D eigenvalue weighted by Crippen LogP contribution is -2.06. The van der Waals surface area contributed by atoms with Gasteiger partial charge < -0.3 is 9.47 Å². The summed E-state index contributed by atoms with van der Waals surface area (Å²) in [6.07, 6.45) is 4.51. The number of nitrogens with zero attached hydrogens (tertiary/aromatic N) is 3. The molecule has 0 amide bonds. The molecule has 6 nitrogen and oxygen atoms in total. The van der Waals surface area contributed by atoms with Crippen LogP contribution < -0.4 is 14.9 Å². The van der Waals surface area contributed by atoms with Crippen LogP contribution in [0.15, 0.2) is 35.7 Å². The second-order valence-electron chi connectivity index (χ2n) is 5.10. The first kappa shape index (κ1) is 17.6. The molecule has 0 aliphatic rings. The lowest BCUT2D eigenvalue weighted by atomic mass is 10.1. The lowest BCUT2D eigenvalue weighted by Gasteiger charge is -2.10. The van der Waals surface area contributed by atoms with Crippen molar-refractivity contribution in [1.29, 1.82) is 0 Å². The van der Waals surface area contributed by atoms with E-state index >= 15 is 0 Å². The molecule has 128 valence electrons. The van der Waals surface area contributed by atoms with Crippen LogP contribution in [-0.2, 0) is 0 Å². The second-order valence-corrected chi connectivity index (χ2v) is 5.10. The third-order valence-corrected chi connectivity index (χ3v) is 3.08. The summed E-state index contributed by atoms with van der Waals surface area (Å²) in [5, 5.41) is 4.04. The number of benzene rings is 1. The predicted molar refractivity (Wildman–Crippen MR) is 87.0 cm³/mol. The first-order valence-electron chi connectivity index (χ1n) is 7.24. The first-order valence-corrected chi connectivity index (χ1v) is 7.24. The predicted octanol–water partition coefficient (Wildman–Crippen LogP) is 3.66. The van der Waals surface area contributed by atoms with Gasteiger partial charge in [-0.15, -0.1) is 0 Å². The quantitative estimate of drug-likeness (QED) is 0.617. The molecule has 1 heterocycles. The molecule has 0 atom stereocenters. The largest absolute Gasteiger partial charge is 0.497 e. The van der Waals surface area contributed by atoms with Gasteiger partial charge >= 0.3 is 6.61 Å². The number of aromatic nitrogens is 2. The average Bonchev–Trinajstić information content (AvgIpc) is 2.55. The fourth-order valence-electron chi connectivity index (χ4n) is 1.97. The van der Waals surface area contributed by atoms with Crippen molar-refractivity contribution in [2.24, 2.45) is 5.10 Å². The third-order valence-electron chi connectivity index (χ3n) is 3.08. The Labute approximate surface area is 138 Å². The van der Waals surface area contributed by atoms with Gasteiger partial charge in [0, 0.05) is 24.0 Å². The highest BCUT2D eigenvalue weighted by Crippen LogP contribution is 2.25. The minimum Gasteiger partial charge on any atom is -0.497 e. The number of ether oxygens (including phenoxy) is 2. The summed E-state index contributed by atoms with van der Waals surface area (Å²) < 4.78 is 34.5. The maximum Gasteiger partial charge on any atom is 0.387 e. The number of rotatable bonds is 7. The zero-order valence-corrected chi connectivity index (χ0v) is 13.5. The van der Waals surface area contributed by atoms with Crippen LogP contribution in [0.25, 0.3) is 0 Å². The normalized spacial score (nSPS) is 11.3. The topological polar surface area (TPSA) is 68.6 Å². The Hall–Kier alpha value is -2.77. The van der Waals surface area contributed by atoms with Gasteiger partial charge in [-0.25, -0.2) is 4.98 Å². The van der Waals surface area contributed by atoms with Gasteiger partial charge in [0.1, 0.15) is 11.5 Å². The average molecular weight is 336 g/mol. The Balaban J connectivity index is 2.20. The van der Waals surface area contributed by atoms with E-state index in [1.807, 2.05) is 13.8 Å². The number of halogens is 2. The second kappa shape index (κ2) is 8.19. The van der Waals surface area contributed by atoms with Gasteiger partial charge in [0.05, 0.1) is 19.0 Å². The monoisotopic (exact) mass is 336 g/mol. The maximum atomic E-state index is 12.5. The molecule has 0 unspecified atom stereocenters. The SMILES string of the molecule is COc1ccc(/C=N/Nc2nccnc2C(C)C)c(OC(F)F)c1. The number of hydrazone groups is 1. The van der Waals surface area contributed by atoms with Crippen LogP contribution in [-0.4, -0.2) is 29.9 Å². The van der Waals surface area contributed by atoms with Crippen molar-refractivity contribution in [3.05, 3.63) is 41.9 Å². The molecular formula is C16H18F2N4O2. The fourth-order valence-corrected chi connectivity index (χ4v) is 1.97. The Morgan fingerprint density at radius 1 is 1.21 bits per heavy atom. The molecule has 1 N–H and O–H groups in total. The van der Waals surface area contributed by atoms with Crippen LogP contribution in [0.1, 0.15) is 31.0 Å². The number of alkyl halides is 2. The molecule has 0 fully saturated rings. The third kappa shape index (κ3) is 4.61. The summed E-state index contributed by atoms with van der Waals surface area (Å²) in [6.45, 7) is 1.03. The molecule has 0 aliphatic heterocycles. The molecule has 1 aromatic heterocycles. The van der Waals surface area contributed by atoms with E-state index in [0.717, 1.165) is 5.69 Å². The number of hydrogen-bond acceptors (Lipinski definition) is 6. The number of anilines is 1. The molecular weight excluding hydrogens is 318 g/mol. The van der Waals surface area contributed by atoms with Crippen molar-refractivity contribution in [2.45, 2.75) is 26.4 Å². The van der Waals surface area contributed by atoms with Crippen LogP contribution in [0.2, 0.25) is 0 Å². The zero-order valence-electron chi connectivity index (χ0n) is 13.5. The van der Waals surface area contributed by atoms with Crippen LogP contribution >= 0.6 is 0 Å². The van der Waals surface area contributed by atoms with Crippen molar-refractivity contribution >= 4 is 12.0 Å². The van der Waals surface area contributed by atoms with E-state index in [4.69, 9.17) is 4.74 Å². The van der Waals surface area contributed by atoms with E-state index in [2.05, 4.69) is 25.2 Å². The van der Waals surface area contributed by atoms with E-state index in [-0.39, 0.29) is 11.7 Å². The van der Waals surface area contributed by atoms with E-state index in [1.165, 1.54) is 19.4 Å². The van der Waals surface area contributed by atoms with E-state index in [0.29, 0.717) is 17.1 Å². The minimum atomic E-state index is -2.94. The van der Waals surface area contributed by atoms with Gasteiger partial charge in [-0.3, -0.25) is 10.4 Å². The molecule has 24 heavy (non-hydrogen) atoms. The Morgan fingerprint density at radius 2 is 1.96 bits per heavy atom. The number of methoxy groups -OCH3 is 1. The van der Waals surface area contributed by atoms with Gasteiger partial charge in [0.2, 0.25) is 0 Å². The summed E-state index contributed by atoms with van der Waals surface area (Å²) in [7, 11) is 1.44. The number of nitrogens with one attached hydrogen (secondary N) is 1. The summed E-state index contributed by atoms with van der Waals surface area (Å²) in [6, 6.07) is 4.57. The van der Waals surface area contributed by atoms with Crippen LogP contribution in [0, 0.1) is 0 Å². The zero-order chi connectivity index (χ0) is 17.5. The van der Waals surface area contributed by atoms with Gasteiger partial charge in [0.15, 0.2) is 5.82 Å². The molecule has 2 rings (SSSR count). The van der Waals surface area contributed by atoms with Crippen LogP contribution in [0.3, 0.4) is 0 Å². The highest BCUT2D eigenvalue weighted by molar-refractivity contribution is 5.84. The summed E-state index contributed by atoms with van der Waals surface area (Å²) in [5.41, 5.74) is 3.91. The van der Waals surface area contributed by atoms with E-state index in [1.54, 1.807) is 24.5 Å². The molecule has 8 heteroatoms. The van der Waals surface area contributed by atoms with Crippen molar-refractivity contribution < 1.29 is 18.3 Å². The molecule has 0 saturated carbocycles. The van der Waals surface area contributed by atoms with Gasteiger partial charge in [-0.05, 0) is 18.1 Å². The fraction of sp³-hybridized carbons (Fsp3) is 0.312. The number of hydrogen-bond donors (Lipinski definition) is 1. The van der Waals surface area contributed by atoms with Gasteiger partial charge in [-0.1, -0.05) is 13.8 Å². The lowest BCUT2D eigenvalue weighted by molar-refractivity contribution is -0.0500. The van der Waals surface area contributed by atoms with E-state index < -0.39 is 6.61 Å². The molecule has 0 bridgehead atoms. The summed E-state index contributed by atoms with van der Waals surface area (Å²) in [5.74, 6) is 1.05. The first-order chi connectivity index (χ1) is 11.5. The van der Waals surface area contributed by atoms with Crippen LogP contribution in [0.4, 0.5) is 14.6 Å². The Kier molecular flexibility index (Phi) is 6.00. The van der Waals surface area contributed by atoms with Gasteiger partial charge in [-0.2, -0.15) is 13.9 Å². The minimum absolute atomic E-state index is 0.0295. The van der Waals surface area contributed by atoms with Crippen molar-refractivity contribution in [3.63, 3.8) is 0 Å². The molecule has 0 saturated heterocycles.